The topological polar surface area (TPSA) is 51.5 Å². The summed E-state index contributed by atoms with van der Waals surface area (Å²) in [6.07, 6.45) is 8.18. The van der Waals surface area contributed by atoms with Gasteiger partial charge in [-0.3, -0.25) is 14.5 Å². The van der Waals surface area contributed by atoms with Gasteiger partial charge in [-0.15, -0.1) is 0 Å². The Morgan fingerprint density at radius 2 is 1.79 bits per heavy atom. The highest BCUT2D eigenvalue weighted by Crippen LogP contribution is 2.36. The van der Waals surface area contributed by atoms with E-state index < -0.39 is 0 Å². The molecule has 2 fully saturated rings. The Morgan fingerprint density at radius 3 is 2.62 bits per heavy atom. The monoisotopic (exact) mass is 474 g/mol. The third kappa shape index (κ3) is 4.39. The number of hydrogen-bond acceptors (Lipinski definition) is 4. The molecule has 0 unspecified atom stereocenters. The third-order valence-corrected chi connectivity index (χ3v) is 7.85. The predicted octanol–water partition coefficient (Wildman–Crippen LogP) is 6.88. The number of nitrogens with zero attached hydrogens (tertiary/aromatic N) is 2. The molecule has 2 amide bonds. The zero-order valence-corrected chi connectivity index (χ0v) is 20.6. The number of fused-ring (bicyclic) bond motifs is 1. The molecule has 0 radical (unpaired) electrons. The Balaban J connectivity index is 1.28. The molecule has 2 aliphatic rings. The fourth-order valence-corrected chi connectivity index (χ4v) is 6.11. The van der Waals surface area contributed by atoms with Crippen LogP contribution in [0.3, 0.4) is 0 Å². The SMILES string of the molecule is Cc1cc(/C=C2\SC(=O)N(CCOc3cccc4ccccc34)C2=O)c(C)n1C1CCCCC1. The molecule has 5 rings (SSSR count). The van der Waals surface area contributed by atoms with Gasteiger partial charge in [0.05, 0.1) is 11.4 Å². The number of imide groups is 1. The van der Waals surface area contributed by atoms with Gasteiger partial charge in [-0.2, -0.15) is 0 Å². The molecule has 1 aliphatic carbocycles. The van der Waals surface area contributed by atoms with Crippen LogP contribution in [0.1, 0.15) is 55.1 Å². The summed E-state index contributed by atoms with van der Waals surface area (Å²) in [6.45, 7) is 4.74. The van der Waals surface area contributed by atoms with E-state index in [-0.39, 0.29) is 24.3 Å². The number of hydrogen-bond donors (Lipinski definition) is 0. The van der Waals surface area contributed by atoms with Crippen molar-refractivity contribution in [1.82, 2.24) is 9.47 Å². The van der Waals surface area contributed by atoms with Crippen molar-refractivity contribution < 1.29 is 14.3 Å². The van der Waals surface area contributed by atoms with Gasteiger partial charge in [-0.1, -0.05) is 55.7 Å². The molecule has 2 heterocycles. The average Bonchev–Trinajstić information content (AvgIpc) is 3.28. The van der Waals surface area contributed by atoms with Crippen LogP contribution >= 0.6 is 11.8 Å². The largest absolute Gasteiger partial charge is 0.491 e. The smallest absolute Gasteiger partial charge is 0.293 e. The van der Waals surface area contributed by atoms with Crippen molar-refractivity contribution >= 4 is 39.8 Å². The fraction of sp³-hybridized carbons (Fsp3) is 0.357. The maximum Gasteiger partial charge on any atom is 0.293 e. The minimum absolute atomic E-state index is 0.228. The molecule has 1 saturated heterocycles. The van der Waals surface area contributed by atoms with Crippen LogP contribution in [0.15, 0.2) is 53.4 Å². The minimum Gasteiger partial charge on any atom is -0.491 e. The van der Waals surface area contributed by atoms with E-state index in [2.05, 4.69) is 24.5 Å². The van der Waals surface area contributed by atoms with Crippen LogP contribution in [0, 0.1) is 13.8 Å². The first-order valence-corrected chi connectivity index (χ1v) is 12.9. The van der Waals surface area contributed by atoms with Gasteiger partial charge in [0, 0.05) is 22.8 Å². The second kappa shape index (κ2) is 9.71. The summed E-state index contributed by atoms with van der Waals surface area (Å²) in [5, 5.41) is 1.88. The van der Waals surface area contributed by atoms with Gasteiger partial charge >= 0.3 is 0 Å². The van der Waals surface area contributed by atoms with E-state index >= 15 is 0 Å². The second-order valence-electron chi connectivity index (χ2n) is 9.15. The van der Waals surface area contributed by atoms with Crippen LogP contribution in [0.2, 0.25) is 0 Å². The number of aryl methyl sites for hydroxylation is 1. The van der Waals surface area contributed by atoms with Gasteiger partial charge in [0.2, 0.25) is 0 Å². The van der Waals surface area contributed by atoms with Crippen molar-refractivity contribution in [3.8, 4) is 5.75 Å². The lowest BCUT2D eigenvalue weighted by Crippen LogP contribution is -2.32. The number of rotatable bonds is 6. The molecule has 0 spiro atoms. The zero-order chi connectivity index (χ0) is 23.7. The highest BCUT2D eigenvalue weighted by molar-refractivity contribution is 8.18. The molecular formula is C28H30N2O3S. The summed E-state index contributed by atoms with van der Waals surface area (Å²) < 4.78 is 8.38. The first-order chi connectivity index (χ1) is 16.5. The average molecular weight is 475 g/mol. The Bertz CT molecular complexity index is 1260. The van der Waals surface area contributed by atoms with E-state index in [1.807, 2.05) is 48.5 Å². The van der Waals surface area contributed by atoms with Crippen LogP contribution in [0.4, 0.5) is 4.79 Å². The number of aromatic nitrogens is 1. The van der Waals surface area contributed by atoms with Crippen molar-refractivity contribution in [3.63, 3.8) is 0 Å². The standard InChI is InChI=1S/C28H30N2O3S/c1-19-17-22(20(2)30(19)23-11-4-3-5-12-23)18-26-27(31)29(28(32)34-26)15-16-33-25-14-8-10-21-9-6-7-13-24(21)25/h6-10,13-14,17-18,23H,3-5,11-12,15-16H2,1-2H3/b26-18-. The Morgan fingerprint density at radius 1 is 1.03 bits per heavy atom. The Labute approximate surface area is 204 Å². The van der Waals surface area contributed by atoms with E-state index in [1.54, 1.807) is 0 Å². The van der Waals surface area contributed by atoms with Crippen molar-refractivity contribution in [2.45, 2.75) is 52.0 Å². The molecule has 6 heteroatoms. The normalized spacial score (nSPS) is 18.4. The number of amides is 2. The van der Waals surface area contributed by atoms with Gasteiger partial charge in [-0.05, 0) is 67.6 Å². The van der Waals surface area contributed by atoms with Crippen LogP contribution in [-0.2, 0) is 4.79 Å². The molecule has 1 aliphatic heterocycles. The first kappa shape index (κ1) is 22.8. The molecule has 2 aromatic carbocycles. The molecule has 34 heavy (non-hydrogen) atoms. The maximum atomic E-state index is 13.0. The van der Waals surface area contributed by atoms with Crippen LogP contribution in [-0.4, -0.2) is 33.8 Å². The van der Waals surface area contributed by atoms with Crippen LogP contribution in [0.25, 0.3) is 16.8 Å². The number of benzene rings is 2. The van der Waals surface area contributed by atoms with E-state index in [0.717, 1.165) is 33.8 Å². The van der Waals surface area contributed by atoms with Crippen LogP contribution < -0.4 is 4.74 Å². The summed E-state index contributed by atoms with van der Waals surface area (Å²) in [4.78, 5) is 27.4. The quantitative estimate of drug-likeness (QED) is 0.366. The predicted molar refractivity (Wildman–Crippen MR) is 138 cm³/mol. The molecule has 0 bridgehead atoms. The van der Waals surface area contributed by atoms with E-state index in [4.69, 9.17) is 4.74 Å². The molecule has 176 valence electrons. The van der Waals surface area contributed by atoms with Crippen molar-refractivity contribution in [3.05, 3.63) is 70.4 Å². The second-order valence-corrected chi connectivity index (χ2v) is 10.1. The molecule has 0 atom stereocenters. The molecule has 0 N–H and O–H groups in total. The number of thioether (sulfide) groups is 1. The summed E-state index contributed by atoms with van der Waals surface area (Å²) >= 11 is 1.02. The van der Waals surface area contributed by atoms with Gasteiger partial charge < -0.3 is 9.30 Å². The first-order valence-electron chi connectivity index (χ1n) is 12.1. The highest BCUT2D eigenvalue weighted by Gasteiger charge is 2.35. The maximum absolute atomic E-state index is 13.0. The molecule has 1 saturated carbocycles. The number of ether oxygens (including phenoxy) is 1. The summed E-state index contributed by atoms with van der Waals surface area (Å²) in [5.74, 6) is 0.523. The Kier molecular flexibility index (Phi) is 6.50. The molecule has 5 nitrogen and oxygen atoms in total. The Hall–Kier alpha value is -2.99. The molecule has 3 aromatic rings. The summed E-state index contributed by atoms with van der Waals surface area (Å²) in [5.41, 5.74) is 3.43. The molecular weight excluding hydrogens is 444 g/mol. The molecule has 1 aromatic heterocycles. The van der Waals surface area contributed by atoms with E-state index in [9.17, 15) is 9.59 Å². The highest BCUT2D eigenvalue weighted by atomic mass is 32.2. The van der Waals surface area contributed by atoms with Crippen LogP contribution in [0.5, 0.6) is 5.75 Å². The fourth-order valence-electron chi connectivity index (χ4n) is 5.25. The minimum atomic E-state index is -0.237. The zero-order valence-electron chi connectivity index (χ0n) is 19.8. The third-order valence-electron chi connectivity index (χ3n) is 6.95. The lowest BCUT2D eigenvalue weighted by atomic mass is 9.95. The lowest BCUT2D eigenvalue weighted by molar-refractivity contribution is -0.123. The number of carbonyl (C=O) groups excluding carboxylic acids is 2. The van der Waals surface area contributed by atoms with Gasteiger partial charge in [0.15, 0.2) is 0 Å². The number of carbonyl (C=O) groups is 2. The summed E-state index contributed by atoms with van der Waals surface area (Å²) in [6, 6.07) is 16.6. The van der Waals surface area contributed by atoms with Gasteiger partial charge in [0.25, 0.3) is 11.1 Å². The summed E-state index contributed by atoms with van der Waals surface area (Å²) in [7, 11) is 0. The lowest BCUT2D eigenvalue weighted by Gasteiger charge is -2.26. The van der Waals surface area contributed by atoms with Crippen molar-refractivity contribution in [1.29, 1.82) is 0 Å². The van der Waals surface area contributed by atoms with Gasteiger partial charge in [0.1, 0.15) is 12.4 Å². The van der Waals surface area contributed by atoms with Crippen molar-refractivity contribution in [2.75, 3.05) is 13.2 Å². The van der Waals surface area contributed by atoms with Gasteiger partial charge in [-0.25, -0.2) is 0 Å². The van der Waals surface area contributed by atoms with Crippen molar-refractivity contribution in [2.24, 2.45) is 0 Å². The van der Waals surface area contributed by atoms with E-state index in [1.165, 1.54) is 48.4 Å². The van der Waals surface area contributed by atoms with E-state index in [0.29, 0.717) is 10.9 Å².